The summed E-state index contributed by atoms with van der Waals surface area (Å²) < 4.78 is 5.66. The Morgan fingerprint density at radius 3 is 2.37 bits per heavy atom. The van der Waals surface area contributed by atoms with E-state index in [9.17, 15) is 19.8 Å². The van der Waals surface area contributed by atoms with Crippen LogP contribution in [0.1, 0.15) is 38.8 Å². The SMILES string of the molecule is CCOC(=O)c1cc(C(=O)c2cc(Br)ccc2O)cc(Sc2ccc(C)cc2)c1O. The van der Waals surface area contributed by atoms with Gasteiger partial charge in [0, 0.05) is 14.9 Å². The number of esters is 1. The van der Waals surface area contributed by atoms with E-state index in [-0.39, 0.29) is 34.8 Å². The number of aromatic hydroxyl groups is 2. The Morgan fingerprint density at radius 1 is 1.00 bits per heavy atom. The second-order valence-corrected chi connectivity index (χ2v) is 8.53. The third-order valence-electron chi connectivity index (χ3n) is 4.28. The van der Waals surface area contributed by atoms with E-state index in [1.807, 2.05) is 31.2 Å². The number of rotatable bonds is 6. The van der Waals surface area contributed by atoms with Crippen LogP contribution in [-0.2, 0) is 4.74 Å². The molecule has 30 heavy (non-hydrogen) atoms. The van der Waals surface area contributed by atoms with Crippen molar-refractivity contribution in [2.24, 2.45) is 0 Å². The van der Waals surface area contributed by atoms with Gasteiger partial charge in [-0.1, -0.05) is 45.4 Å². The summed E-state index contributed by atoms with van der Waals surface area (Å²) in [5.74, 6) is -1.64. The summed E-state index contributed by atoms with van der Waals surface area (Å²) in [6, 6.07) is 15.0. The maximum absolute atomic E-state index is 13.1. The molecule has 154 valence electrons. The molecule has 0 saturated carbocycles. The quantitative estimate of drug-likeness (QED) is 0.342. The van der Waals surface area contributed by atoms with Crippen LogP contribution in [0, 0.1) is 6.92 Å². The van der Waals surface area contributed by atoms with Crippen LogP contribution in [0.2, 0.25) is 0 Å². The molecule has 3 rings (SSSR count). The van der Waals surface area contributed by atoms with Gasteiger partial charge in [0.2, 0.25) is 0 Å². The van der Waals surface area contributed by atoms with Crippen molar-refractivity contribution in [3.63, 3.8) is 0 Å². The number of hydrogen-bond acceptors (Lipinski definition) is 6. The average Bonchev–Trinajstić information content (AvgIpc) is 2.72. The monoisotopic (exact) mass is 486 g/mol. The Hall–Kier alpha value is -2.77. The zero-order chi connectivity index (χ0) is 21.8. The third kappa shape index (κ3) is 4.86. The number of benzene rings is 3. The number of ketones is 1. The van der Waals surface area contributed by atoms with Gasteiger partial charge in [-0.3, -0.25) is 4.79 Å². The number of phenols is 2. The van der Waals surface area contributed by atoms with Crippen molar-refractivity contribution in [3.8, 4) is 11.5 Å². The lowest BCUT2D eigenvalue weighted by Crippen LogP contribution is -2.09. The van der Waals surface area contributed by atoms with E-state index in [1.165, 1.54) is 36.0 Å². The van der Waals surface area contributed by atoms with Crippen molar-refractivity contribution in [3.05, 3.63) is 81.3 Å². The molecule has 0 spiro atoms. The molecule has 0 unspecified atom stereocenters. The number of carbonyl (C=O) groups excluding carboxylic acids is 2. The van der Waals surface area contributed by atoms with Crippen molar-refractivity contribution in [1.29, 1.82) is 0 Å². The maximum atomic E-state index is 13.1. The summed E-state index contributed by atoms with van der Waals surface area (Å²) in [5.41, 5.74) is 1.21. The lowest BCUT2D eigenvalue weighted by molar-refractivity contribution is 0.0522. The zero-order valence-corrected chi connectivity index (χ0v) is 18.7. The van der Waals surface area contributed by atoms with Gasteiger partial charge in [-0.05, 0) is 56.3 Å². The Balaban J connectivity index is 2.11. The van der Waals surface area contributed by atoms with Gasteiger partial charge in [0.05, 0.1) is 17.1 Å². The molecular weight excluding hydrogens is 468 g/mol. The highest BCUT2D eigenvalue weighted by molar-refractivity contribution is 9.10. The van der Waals surface area contributed by atoms with Gasteiger partial charge in [0.1, 0.15) is 17.1 Å². The van der Waals surface area contributed by atoms with Crippen molar-refractivity contribution < 1.29 is 24.5 Å². The van der Waals surface area contributed by atoms with E-state index in [0.29, 0.717) is 9.37 Å². The minimum absolute atomic E-state index is 0.0798. The van der Waals surface area contributed by atoms with E-state index in [2.05, 4.69) is 15.9 Å². The second-order valence-electron chi connectivity index (χ2n) is 6.50. The van der Waals surface area contributed by atoms with Crippen molar-refractivity contribution in [1.82, 2.24) is 0 Å². The van der Waals surface area contributed by atoms with Crippen LogP contribution in [0.25, 0.3) is 0 Å². The molecular formula is C23H19BrO5S. The fourth-order valence-electron chi connectivity index (χ4n) is 2.76. The molecule has 3 aromatic carbocycles. The van der Waals surface area contributed by atoms with Gasteiger partial charge in [-0.2, -0.15) is 0 Å². The molecule has 3 aromatic rings. The van der Waals surface area contributed by atoms with Crippen LogP contribution in [-0.4, -0.2) is 28.6 Å². The number of halogens is 1. The topological polar surface area (TPSA) is 83.8 Å². The van der Waals surface area contributed by atoms with Gasteiger partial charge >= 0.3 is 5.97 Å². The lowest BCUT2D eigenvalue weighted by Gasteiger charge is -2.13. The number of carbonyl (C=O) groups is 2. The van der Waals surface area contributed by atoms with Gasteiger partial charge in [-0.25, -0.2) is 4.79 Å². The van der Waals surface area contributed by atoms with E-state index < -0.39 is 11.8 Å². The molecule has 2 N–H and O–H groups in total. The largest absolute Gasteiger partial charge is 0.507 e. The molecule has 0 saturated heterocycles. The molecule has 0 radical (unpaired) electrons. The fraction of sp³-hybridized carbons (Fsp3) is 0.130. The van der Waals surface area contributed by atoms with Gasteiger partial charge in [0.15, 0.2) is 5.78 Å². The molecule has 0 aliphatic rings. The molecule has 7 heteroatoms. The highest BCUT2D eigenvalue weighted by Gasteiger charge is 2.23. The van der Waals surface area contributed by atoms with E-state index in [4.69, 9.17) is 4.74 Å². The minimum Gasteiger partial charge on any atom is -0.507 e. The molecule has 5 nitrogen and oxygen atoms in total. The van der Waals surface area contributed by atoms with Crippen LogP contribution in [0.5, 0.6) is 11.5 Å². The van der Waals surface area contributed by atoms with Crippen molar-refractivity contribution in [2.75, 3.05) is 6.61 Å². The smallest absolute Gasteiger partial charge is 0.341 e. The van der Waals surface area contributed by atoms with Crippen LogP contribution in [0.3, 0.4) is 0 Å². The molecule has 0 amide bonds. The molecule has 0 aliphatic heterocycles. The molecule has 0 atom stereocenters. The molecule has 0 aromatic heterocycles. The summed E-state index contributed by atoms with van der Waals surface area (Å²) in [7, 11) is 0. The fourth-order valence-corrected chi connectivity index (χ4v) is 4.04. The van der Waals surface area contributed by atoms with Crippen LogP contribution < -0.4 is 0 Å². The van der Waals surface area contributed by atoms with E-state index in [1.54, 1.807) is 13.0 Å². The second kappa shape index (κ2) is 9.36. The first kappa shape index (κ1) is 21.9. The first-order valence-electron chi connectivity index (χ1n) is 9.12. The number of ether oxygens (including phenoxy) is 1. The lowest BCUT2D eigenvalue weighted by atomic mass is 10.00. The predicted molar refractivity (Wildman–Crippen MR) is 119 cm³/mol. The zero-order valence-electron chi connectivity index (χ0n) is 16.3. The number of aryl methyl sites for hydroxylation is 1. The Kier molecular flexibility index (Phi) is 6.84. The van der Waals surface area contributed by atoms with Crippen LogP contribution in [0.4, 0.5) is 0 Å². The number of hydrogen-bond donors (Lipinski definition) is 2. The van der Waals surface area contributed by atoms with E-state index >= 15 is 0 Å². The normalized spacial score (nSPS) is 10.6. The summed E-state index contributed by atoms with van der Waals surface area (Å²) in [6.07, 6.45) is 0. The highest BCUT2D eigenvalue weighted by Crippen LogP contribution is 2.39. The van der Waals surface area contributed by atoms with E-state index in [0.717, 1.165) is 10.5 Å². The van der Waals surface area contributed by atoms with Crippen LogP contribution >= 0.6 is 27.7 Å². The standard InChI is InChI=1S/C23H19BrO5S/c1-3-29-23(28)18-10-14(21(26)17-12-15(24)6-9-19(17)25)11-20(22(18)27)30-16-7-4-13(2)5-8-16/h4-12,25,27H,3H2,1-2H3. The summed E-state index contributed by atoms with van der Waals surface area (Å²) in [5, 5.41) is 20.8. The number of phenolic OH excluding ortho intramolecular Hbond substituents is 2. The molecule has 0 bridgehead atoms. The third-order valence-corrected chi connectivity index (χ3v) is 5.82. The summed E-state index contributed by atoms with van der Waals surface area (Å²) >= 11 is 4.51. The average molecular weight is 487 g/mol. The Labute approximate surface area is 186 Å². The minimum atomic E-state index is -0.728. The van der Waals surface area contributed by atoms with Crippen molar-refractivity contribution >= 4 is 39.4 Å². The van der Waals surface area contributed by atoms with Gasteiger partial charge in [0.25, 0.3) is 0 Å². The summed E-state index contributed by atoms with van der Waals surface area (Å²) in [6.45, 7) is 3.75. The summed E-state index contributed by atoms with van der Waals surface area (Å²) in [4.78, 5) is 26.6. The van der Waals surface area contributed by atoms with Gasteiger partial charge in [-0.15, -0.1) is 0 Å². The predicted octanol–water partition coefficient (Wildman–Crippen LogP) is 5.73. The van der Waals surface area contributed by atoms with Gasteiger partial charge < -0.3 is 14.9 Å². The Morgan fingerprint density at radius 2 is 1.70 bits per heavy atom. The molecule has 0 aliphatic carbocycles. The highest BCUT2D eigenvalue weighted by atomic mass is 79.9. The first-order valence-corrected chi connectivity index (χ1v) is 10.7. The Bertz CT molecular complexity index is 1110. The maximum Gasteiger partial charge on any atom is 0.341 e. The van der Waals surface area contributed by atoms with Crippen molar-refractivity contribution in [2.45, 2.75) is 23.6 Å². The van der Waals surface area contributed by atoms with Crippen LogP contribution in [0.15, 0.2) is 68.9 Å². The molecule has 0 fully saturated rings. The first-order chi connectivity index (χ1) is 14.3. The molecule has 0 heterocycles.